The van der Waals surface area contributed by atoms with Crippen molar-refractivity contribution in [1.82, 2.24) is 31.2 Å². The molecule has 1 aliphatic rings. The lowest BCUT2D eigenvalue weighted by Crippen LogP contribution is -2.61. The number of aliphatic carboxylic acids is 1. The Morgan fingerprint density at radius 2 is 1.36 bits per heavy atom. The van der Waals surface area contributed by atoms with Crippen molar-refractivity contribution >= 4 is 52.3 Å². The van der Waals surface area contributed by atoms with Crippen LogP contribution in [0.25, 0.3) is 10.9 Å². The molecule has 0 radical (unpaired) electrons. The summed E-state index contributed by atoms with van der Waals surface area (Å²) in [6, 6.07) is 16.7. The molecule has 5 rings (SSSR count). The van der Waals surface area contributed by atoms with Crippen molar-refractivity contribution < 1.29 is 43.8 Å². The summed E-state index contributed by atoms with van der Waals surface area (Å²) < 4.78 is 0. The molecule has 312 valence electrons. The fourth-order valence-corrected chi connectivity index (χ4v) is 7.11. The number of aliphatic hydroxyl groups excluding tert-OH is 1. The number of carbonyl (C=O) groups excluding carboxylic acids is 6. The van der Waals surface area contributed by atoms with Crippen LogP contribution in [0.15, 0.2) is 91.1 Å². The maximum absolute atomic E-state index is 14.0. The molecular formula is C42H50N8O9. The van der Waals surface area contributed by atoms with Crippen LogP contribution in [0.2, 0.25) is 0 Å². The molecule has 1 aromatic heterocycles. The predicted molar refractivity (Wildman–Crippen MR) is 216 cm³/mol. The van der Waals surface area contributed by atoms with Gasteiger partial charge >= 0.3 is 5.97 Å². The first-order valence-electron chi connectivity index (χ1n) is 19.3. The van der Waals surface area contributed by atoms with E-state index in [-0.39, 0.29) is 32.2 Å². The molecule has 0 spiro atoms. The van der Waals surface area contributed by atoms with E-state index in [2.05, 4.69) is 26.3 Å². The predicted octanol–water partition coefficient (Wildman–Crippen LogP) is -0.206. The first-order chi connectivity index (χ1) is 28.2. The number of carboxylic acid groups (broad SMARTS) is 1. The van der Waals surface area contributed by atoms with Gasteiger partial charge in [0.2, 0.25) is 35.4 Å². The van der Waals surface area contributed by atoms with Gasteiger partial charge in [0.25, 0.3) is 0 Å². The second kappa shape index (κ2) is 20.2. The summed E-state index contributed by atoms with van der Waals surface area (Å²) in [5, 5.41) is 31.5. The second-order valence-corrected chi connectivity index (χ2v) is 14.7. The average molecular weight is 811 g/mol. The lowest BCUT2D eigenvalue weighted by molar-refractivity contribution is -0.145. The minimum absolute atomic E-state index is 0.00509. The molecule has 0 aliphatic carbocycles. The number of likely N-dealkylation sites (tertiary alicyclic amines) is 1. The van der Waals surface area contributed by atoms with Gasteiger partial charge in [-0.2, -0.15) is 0 Å². The van der Waals surface area contributed by atoms with Gasteiger partial charge in [-0.25, -0.2) is 4.79 Å². The van der Waals surface area contributed by atoms with Crippen molar-refractivity contribution in [2.24, 2.45) is 11.5 Å². The number of carbonyl (C=O) groups is 7. The molecule has 17 heteroatoms. The highest BCUT2D eigenvalue weighted by Gasteiger charge is 2.40. The molecule has 0 bridgehead atoms. The number of H-pyrrole nitrogens is 1. The van der Waals surface area contributed by atoms with Gasteiger partial charge in [0.15, 0.2) is 0 Å². The van der Waals surface area contributed by atoms with Crippen molar-refractivity contribution in [3.8, 4) is 0 Å². The minimum Gasteiger partial charge on any atom is -0.480 e. The lowest BCUT2D eigenvalue weighted by atomic mass is 10.0. The third-order valence-corrected chi connectivity index (χ3v) is 10.2. The van der Waals surface area contributed by atoms with Gasteiger partial charge in [-0.15, -0.1) is 0 Å². The Bertz CT molecular complexity index is 2130. The SMILES string of the molecule is C[C@@H](O)[C@H](NC(=O)[C@@H](N)Cc1c[nH]c2ccccc12)C(=O)N[C@@H](Cc1ccccc1)C(=O)N[C@@H](CC(N)=O)C(=O)N1CCC[C@H]1C(=O)N[C@@H](Cc1ccccc1)C(=O)O. The number of benzene rings is 3. The van der Waals surface area contributed by atoms with Crippen LogP contribution in [0.4, 0.5) is 0 Å². The molecule has 0 saturated carbocycles. The highest BCUT2D eigenvalue weighted by Crippen LogP contribution is 2.21. The Morgan fingerprint density at radius 1 is 0.763 bits per heavy atom. The van der Waals surface area contributed by atoms with E-state index in [1.54, 1.807) is 66.9 Å². The van der Waals surface area contributed by atoms with E-state index in [0.717, 1.165) is 16.5 Å². The summed E-state index contributed by atoms with van der Waals surface area (Å²) in [7, 11) is 0. The highest BCUT2D eigenvalue weighted by molar-refractivity contribution is 5.98. The van der Waals surface area contributed by atoms with Crippen LogP contribution in [-0.4, -0.2) is 110 Å². The highest BCUT2D eigenvalue weighted by atomic mass is 16.4. The van der Waals surface area contributed by atoms with Gasteiger partial charge < -0.3 is 52.8 Å². The number of amides is 6. The summed E-state index contributed by atoms with van der Waals surface area (Å²) >= 11 is 0. The van der Waals surface area contributed by atoms with Gasteiger partial charge in [0.05, 0.1) is 18.6 Å². The smallest absolute Gasteiger partial charge is 0.326 e. The van der Waals surface area contributed by atoms with Crippen molar-refractivity contribution in [1.29, 1.82) is 0 Å². The van der Waals surface area contributed by atoms with Gasteiger partial charge in [-0.1, -0.05) is 78.9 Å². The van der Waals surface area contributed by atoms with Crippen molar-refractivity contribution in [2.45, 2.75) is 87.8 Å². The number of aromatic amines is 1. The lowest BCUT2D eigenvalue weighted by Gasteiger charge is -2.30. The van der Waals surface area contributed by atoms with E-state index in [4.69, 9.17) is 11.5 Å². The zero-order chi connectivity index (χ0) is 42.6. The summed E-state index contributed by atoms with van der Waals surface area (Å²) in [6.45, 7) is 1.35. The number of nitrogens with zero attached hydrogens (tertiary/aromatic N) is 1. The molecule has 3 aromatic carbocycles. The van der Waals surface area contributed by atoms with Crippen LogP contribution >= 0.6 is 0 Å². The molecule has 59 heavy (non-hydrogen) atoms. The van der Waals surface area contributed by atoms with E-state index in [0.29, 0.717) is 17.5 Å². The summed E-state index contributed by atoms with van der Waals surface area (Å²) in [5.74, 6) is -6.30. The minimum atomic E-state index is -1.57. The zero-order valence-corrected chi connectivity index (χ0v) is 32.5. The number of para-hydroxylation sites is 1. The van der Waals surface area contributed by atoms with Gasteiger partial charge in [0.1, 0.15) is 30.2 Å². The van der Waals surface area contributed by atoms with Crippen LogP contribution < -0.4 is 32.7 Å². The number of aliphatic hydroxyl groups is 1. The van der Waals surface area contributed by atoms with E-state index in [1.165, 1.54) is 11.8 Å². The molecule has 11 N–H and O–H groups in total. The molecule has 0 unspecified atom stereocenters. The largest absolute Gasteiger partial charge is 0.480 e. The van der Waals surface area contributed by atoms with Crippen LogP contribution in [-0.2, 0) is 52.8 Å². The Morgan fingerprint density at radius 3 is 1.97 bits per heavy atom. The second-order valence-electron chi connectivity index (χ2n) is 14.7. The summed E-state index contributed by atoms with van der Waals surface area (Å²) in [5.41, 5.74) is 14.7. The van der Waals surface area contributed by atoms with E-state index >= 15 is 0 Å². The van der Waals surface area contributed by atoms with Gasteiger partial charge in [0, 0.05) is 36.5 Å². The number of hydrogen-bond donors (Lipinski definition) is 9. The van der Waals surface area contributed by atoms with E-state index in [1.807, 2.05) is 24.3 Å². The molecular weight excluding hydrogens is 761 g/mol. The maximum Gasteiger partial charge on any atom is 0.326 e. The Kier molecular flexibility index (Phi) is 14.9. The van der Waals surface area contributed by atoms with Crippen LogP contribution in [0, 0.1) is 0 Å². The average Bonchev–Trinajstić information content (AvgIpc) is 3.87. The number of rotatable bonds is 19. The fraction of sp³-hybridized carbons (Fsp3) is 0.357. The number of hydrogen-bond acceptors (Lipinski definition) is 9. The molecule has 7 atom stereocenters. The third-order valence-electron chi connectivity index (χ3n) is 10.2. The summed E-state index contributed by atoms with van der Waals surface area (Å²) in [6.07, 6.45) is 0.215. The standard InChI is InChI=1S/C42H50N8O9/c1-24(51)36(49-37(53)29(43)21-27-23-45-30-16-9-8-15-28(27)30)40(56)46-31(19-25-11-4-2-5-12-25)38(54)47-32(22-35(44)52)41(57)50-18-10-17-34(50)39(55)48-33(42(58)59)20-26-13-6-3-7-14-26/h2-9,11-16,23-24,29,31-34,36,45,51H,10,17-22,43H2,1H3,(H2,44,52)(H,46,56)(H,47,54)(H,48,55)(H,49,53)(H,58,59)/t24-,29+,31+,32+,33+,34+,36+/m1/s1. The van der Waals surface area contributed by atoms with Gasteiger partial charge in [-0.3, -0.25) is 28.8 Å². The molecule has 17 nitrogen and oxygen atoms in total. The first-order valence-corrected chi connectivity index (χ1v) is 19.3. The molecule has 2 heterocycles. The van der Waals surface area contributed by atoms with E-state index in [9.17, 15) is 43.8 Å². The van der Waals surface area contributed by atoms with Crippen molar-refractivity contribution in [3.05, 3.63) is 108 Å². The third kappa shape index (κ3) is 11.7. The molecule has 1 aliphatic heterocycles. The number of carboxylic acids is 1. The monoisotopic (exact) mass is 810 g/mol. The first kappa shape index (κ1) is 43.5. The van der Waals surface area contributed by atoms with Crippen LogP contribution in [0.1, 0.15) is 42.9 Å². The number of fused-ring (bicyclic) bond motifs is 1. The van der Waals surface area contributed by atoms with Crippen molar-refractivity contribution in [3.63, 3.8) is 0 Å². The Balaban J connectivity index is 1.30. The topological polar surface area (TPSA) is 279 Å². The fourth-order valence-electron chi connectivity index (χ4n) is 7.11. The molecule has 1 fully saturated rings. The number of nitrogens with two attached hydrogens (primary N) is 2. The van der Waals surface area contributed by atoms with E-state index < -0.39 is 90.2 Å². The molecule has 4 aromatic rings. The van der Waals surface area contributed by atoms with Crippen LogP contribution in [0.3, 0.4) is 0 Å². The summed E-state index contributed by atoms with van der Waals surface area (Å²) in [4.78, 5) is 97.2. The normalized spacial score (nSPS) is 16.8. The number of nitrogens with one attached hydrogen (secondary N) is 5. The van der Waals surface area contributed by atoms with Crippen LogP contribution in [0.5, 0.6) is 0 Å². The van der Waals surface area contributed by atoms with Crippen molar-refractivity contribution in [2.75, 3.05) is 6.54 Å². The number of aromatic nitrogens is 1. The molecule has 6 amide bonds. The zero-order valence-electron chi connectivity index (χ0n) is 32.5. The number of primary amides is 1. The molecule has 1 saturated heterocycles. The maximum atomic E-state index is 14.0. The Hall–Kier alpha value is -6.59. The Labute approximate surface area is 340 Å². The van der Waals surface area contributed by atoms with Gasteiger partial charge in [-0.05, 0) is 48.9 Å². The quantitative estimate of drug-likeness (QED) is 0.0601.